The summed E-state index contributed by atoms with van der Waals surface area (Å²) in [5.41, 5.74) is 1.03. The van der Waals surface area contributed by atoms with Crippen molar-refractivity contribution in [3.8, 4) is 5.88 Å². The van der Waals surface area contributed by atoms with E-state index in [0.717, 1.165) is 5.56 Å². The van der Waals surface area contributed by atoms with Gasteiger partial charge in [0.2, 0.25) is 11.7 Å². The molecule has 1 heterocycles. The molecule has 0 saturated heterocycles. The van der Waals surface area contributed by atoms with E-state index in [1.54, 1.807) is 12.1 Å². The first kappa shape index (κ1) is 19.4. The number of aromatic nitrogens is 2. The van der Waals surface area contributed by atoms with Gasteiger partial charge in [-0.2, -0.15) is 13.5 Å². The van der Waals surface area contributed by atoms with Crippen molar-refractivity contribution in [2.24, 2.45) is 7.05 Å². The number of halogens is 2. The average molecular weight is 425 g/mol. The fourth-order valence-corrected chi connectivity index (χ4v) is 3.82. The molecule has 1 aromatic heterocycles. The van der Waals surface area contributed by atoms with Gasteiger partial charge in [0.15, 0.2) is 0 Å². The Balaban J connectivity index is 2.00. The summed E-state index contributed by atoms with van der Waals surface area (Å²) < 4.78 is 31.5. The van der Waals surface area contributed by atoms with Gasteiger partial charge in [-0.1, -0.05) is 40.9 Å². The number of rotatable bonds is 5. The van der Waals surface area contributed by atoms with Gasteiger partial charge in [0.25, 0.3) is 0 Å². The Morgan fingerprint density at radius 2 is 1.74 bits per heavy atom. The average Bonchev–Trinajstić information content (AvgIpc) is 2.95. The molecule has 6 nitrogen and oxygen atoms in total. The van der Waals surface area contributed by atoms with E-state index in [9.17, 15) is 13.2 Å². The third-order valence-corrected chi connectivity index (χ3v) is 5.58. The van der Waals surface area contributed by atoms with E-state index in [1.807, 2.05) is 6.92 Å². The van der Waals surface area contributed by atoms with Crippen LogP contribution in [0.2, 0.25) is 10.0 Å². The quantitative estimate of drug-likeness (QED) is 0.456. The van der Waals surface area contributed by atoms with Gasteiger partial charge in [-0.15, -0.1) is 0 Å². The normalized spacial score (nSPS) is 11.4. The van der Waals surface area contributed by atoms with Crippen LogP contribution in [0, 0.1) is 6.92 Å². The van der Waals surface area contributed by atoms with Crippen molar-refractivity contribution in [1.29, 1.82) is 0 Å². The standard InChI is InChI=1S/C18H14Cl2N2O4S/c1-11-3-6-13(7-4-11)27(24,25)26-18-15(10-21-22(18)2)17(23)14-8-5-12(19)9-16(14)20/h3-10H,1-2H3. The zero-order valence-corrected chi connectivity index (χ0v) is 16.6. The maximum Gasteiger partial charge on any atom is 0.340 e. The van der Waals surface area contributed by atoms with Crippen molar-refractivity contribution in [3.05, 3.63) is 75.4 Å². The lowest BCUT2D eigenvalue weighted by atomic mass is 10.1. The molecule has 140 valence electrons. The van der Waals surface area contributed by atoms with Gasteiger partial charge in [-0.25, -0.2) is 4.68 Å². The highest BCUT2D eigenvalue weighted by Gasteiger charge is 2.26. The minimum Gasteiger partial charge on any atom is -0.358 e. The summed E-state index contributed by atoms with van der Waals surface area (Å²) in [5, 5.41) is 4.46. The van der Waals surface area contributed by atoms with Crippen LogP contribution in [-0.4, -0.2) is 24.0 Å². The molecule has 0 fully saturated rings. The molecule has 3 rings (SSSR count). The first-order valence-corrected chi connectivity index (χ1v) is 9.88. The molecule has 0 bridgehead atoms. The van der Waals surface area contributed by atoms with Gasteiger partial charge in [0.1, 0.15) is 10.5 Å². The molecule has 2 aromatic carbocycles. The Bertz CT molecular complexity index is 1120. The number of benzene rings is 2. The Kier molecular flexibility index (Phi) is 5.28. The van der Waals surface area contributed by atoms with Crippen molar-refractivity contribution >= 4 is 39.1 Å². The molecule has 0 unspecified atom stereocenters. The number of aryl methyl sites for hydroxylation is 2. The fraction of sp³-hybridized carbons (Fsp3) is 0.111. The van der Waals surface area contributed by atoms with Gasteiger partial charge >= 0.3 is 10.1 Å². The number of ketones is 1. The highest BCUT2D eigenvalue weighted by atomic mass is 35.5. The third kappa shape index (κ3) is 4.00. The third-order valence-electron chi connectivity index (χ3n) is 3.80. The van der Waals surface area contributed by atoms with Crippen LogP contribution >= 0.6 is 23.2 Å². The van der Waals surface area contributed by atoms with Crippen LogP contribution in [0.25, 0.3) is 0 Å². The minimum absolute atomic E-state index is 0.0302. The molecule has 0 aliphatic heterocycles. The summed E-state index contributed by atoms with van der Waals surface area (Å²) >= 11 is 11.9. The topological polar surface area (TPSA) is 78.3 Å². The number of nitrogens with zero attached hydrogens (tertiary/aromatic N) is 2. The summed E-state index contributed by atoms with van der Waals surface area (Å²) in [6.07, 6.45) is 1.23. The van der Waals surface area contributed by atoms with Crippen LogP contribution in [0.15, 0.2) is 53.6 Å². The van der Waals surface area contributed by atoms with E-state index in [0.29, 0.717) is 5.02 Å². The molecule has 0 aliphatic carbocycles. The molecule has 27 heavy (non-hydrogen) atoms. The zero-order chi connectivity index (χ0) is 19.8. The summed E-state index contributed by atoms with van der Waals surface area (Å²) in [6.45, 7) is 1.84. The van der Waals surface area contributed by atoms with Crippen molar-refractivity contribution < 1.29 is 17.4 Å². The predicted octanol–water partition coefficient (Wildman–Crippen LogP) is 4.03. The predicted molar refractivity (Wildman–Crippen MR) is 102 cm³/mol. The summed E-state index contributed by atoms with van der Waals surface area (Å²) in [6, 6.07) is 10.6. The Labute approximate surface area is 166 Å². The lowest BCUT2D eigenvalue weighted by Gasteiger charge is -2.10. The monoisotopic (exact) mass is 424 g/mol. The SMILES string of the molecule is Cc1ccc(S(=O)(=O)Oc2c(C(=O)c3ccc(Cl)cc3Cl)cnn2C)cc1. The van der Waals surface area contributed by atoms with Crippen LogP contribution < -0.4 is 4.18 Å². The molecule has 0 saturated carbocycles. The molecule has 0 N–H and O–H groups in total. The second kappa shape index (κ2) is 7.34. The largest absolute Gasteiger partial charge is 0.358 e. The van der Waals surface area contributed by atoms with Gasteiger partial charge in [-0.3, -0.25) is 4.79 Å². The summed E-state index contributed by atoms with van der Waals surface area (Å²) in [5.74, 6) is -0.731. The first-order valence-electron chi connectivity index (χ1n) is 7.72. The minimum atomic E-state index is -4.14. The first-order chi connectivity index (χ1) is 12.7. The van der Waals surface area contributed by atoms with Crippen LogP contribution in [-0.2, 0) is 17.2 Å². The van der Waals surface area contributed by atoms with Crippen molar-refractivity contribution in [2.75, 3.05) is 0 Å². The Morgan fingerprint density at radius 1 is 1.07 bits per heavy atom. The molecule has 3 aromatic rings. The molecular weight excluding hydrogens is 411 g/mol. The van der Waals surface area contributed by atoms with Crippen LogP contribution in [0.3, 0.4) is 0 Å². The Hall–Kier alpha value is -2.35. The van der Waals surface area contributed by atoms with Gasteiger partial charge in [-0.05, 0) is 37.3 Å². The van der Waals surface area contributed by atoms with Crippen molar-refractivity contribution in [2.45, 2.75) is 11.8 Å². The van der Waals surface area contributed by atoms with Crippen LogP contribution in [0.5, 0.6) is 5.88 Å². The molecule has 0 radical (unpaired) electrons. The maximum absolute atomic E-state index is 12.8. The molecular formula is C18H14Cl2N2O4S. The van der Waals surface area contributed by atoms with E-state index in [2.05, 4.69) is 5.10 Å². The molecule has 9 heteroatoms. The zero-order valence-electron chi connectivity index (χ0n) is 14.3. The Morgan fingerprint density at radius 3 is 2.37 bits per heavy atom. The maximum atomic E-state index is 12.8. The number of hydrogen-bond donors (Lipinski definition) is 0. The second-order valence-electron chi connectivity index (χ2n) is 5.79. The lowest BCUT2D eigenvalue weighted by Crippen LogP contribution is -2.14. The van der Waals surface area contributed by atoms with E-state index < -0.39 is 15.9 Å². The summed E-state index contributed by atoms with van der Waals surface area (Å²) in [4.78, 5) is 12.8. The van der Waals surface area contributed by atoms with Gasteiger partial charge < -0.3 is 4.18 Å². The van der Waals surface area contributed by atoms with E-state index >= 15 is 0 Å². The number of hydrogen-bond acceptors (Lipinski definition) is 5. The van der Waals surface area contributed by atoms with Crippen molar-refractivity contribution in [1.82, 2.24) is 9.78 Å². The second-order valence-corrected chi connectivity index (χ2v) is 8.18. The molecule has 0 spiro atoms. The molecule has 0 aliphatic rings. The molecule has 0 amide bonds. The smallest absolute Gasteiger partial charge is 0.340 e. The lowest BCUT2D eigenvalue weighted by molar-refractivity contribution is 0.103. The van der Waals surface area contributed by atoms with Gasteiger partial charge in [0.05, 0.1) is 11.2 Å². The van der Waals surface area contributed by atoms with E-state index in [4.69, 9.17) is 27.4 Å². The van der Waals surface area contributed by atoms with E-state index in [1.165, 1.54) is 48.3 Å². The van der Waals surface area contributed by atoms with Crippen LogP contribution in [0.1, 0.15) is 21.5 Å². The van der Waals surface area contributed by atoms with Crippen molar-refractivity contribution in [3.63, 3.8) is 0 Å². The molecule has 0 atom stereocenters. The fourth-order valence-electron chi connectivity index (χ4n) is 2.36. The highest BCUT2D eigenvalue weighted by molar-refractivity contribution is 7.87. The van der Waals surface area contributed by atoms with Gasteiger partial charge in [0, 0.05) is 17.6 Å². The summed E-state index contributed by atoms with van der Waals surface area (Å²) in [7, 11) is -2.67. The van der Waals surface area contributed by atoms with Crippen LogP contribution in [0.4, 0.5) is 0 Å². The van der Waals surface area contributed by atoms with E-state index in [-0.39, 0.29) is 26.9 Å². The number of carbonyl (C=O) groups is 1. The number of carbonyl (C=O) groups excluding carboxylic acids is 1. The highest BCUT2D eigenvalue weighted by Crippen LogP contribution is 2.28.